The van der Waals surface area contributed by atoms with Gasteiger partial charge in [-0.15, -0.1) is 0 Å². The molecule has 0 aliphatic heterocycles. The second-order valence-corrected chi connectivity index (χ2v) is 4.09. The summed E-state index contributed by atoms with van der Waals surface area (Å²) >= 11 is 1.40. The Kier molecular flexibility index (Phi) is 2.73. The van der Waals surface area contributed by atoms with Gasteiger partial charge in [-0.05, 0) is 24.3 Å². The standard InChI is InChI=1S/C10H10N2O2S/c11-9-5-12-10(15-9)6-14-8-3-1-7(13)2-4-8/h1-5,13H,6,11H2. The van der Waals surface area contributed by atoms with E-state index in [1.165, 1.54) is 11.3 Å². The molecular weight excluding hydrogens is 212 g/mol. The van der Waals surface area contributed by atoms with Crippen LogP contribution in [0.15, 0.2) is 30.5 Å². The predicted molar refractivity (Wildman–Crippen MR) is 59.0 cm³/mol. The number of thiazole rings is 1. The van der Waals surface area contributed by atoms with Crippen LogP contribution in [-0.2, 0) is 6.61 Å². The van der Waals surface area contributed by atoms with E-state index in [-0.39, 0.29) is 5.75 Å². The predicted octanol–water partition coefficient (Wildman–Crippen LogP) is 2.01. The molecule has 0 fully saturated rings. The number of anilines is 1. The fourth-order valence-corrected chi connectivity index (χ4v) is 1.68. The van der Waals surface area contributed by atoms with E-state index in [4.69, 9.17) is 15.6 Å². The van der Waals surface area contributed by atoms with Gasteiger partial charge >= 0.3 is 0 Å². The van der Waals surface area contributed by atoms with E-state index in [9.17, 15) is 0 Å². The van der Waals surface area contributed by atoms with Crippen molar-refractivity contribution >= 4 is 16.3 Å². The number of nitrogens with two attached hydrogens (primary N) is 1. The number of nitrogen functional groups attached to an aromatic ring is 1. The molecule has 1 heterocycles. The van der Waals surface area contributed by atoms with Crippen molar-refractivity contribution in [3.05, 3.63) is 35.5 Å². The molecule has 1 aromatic heterocycles. The molecule has 0 atom stereocenters. The Balaban J connectivity index is 1.96. The molecule has 0 spiro atoms. The van der Waals surface area contributed by atoms with E-state index < -0.39 is 0 Å². The summed E-state index contributed by atoms with van der Waals surface area (Å²) in [5, 5.41) is 10.6. The summed E-state index contributed by atoms with van der Waals surface area (Å²) < 4.78 is 5.44. The third-order valence-corrected chi connectivity index (χ3v) is 2.57. The topological polar surface area (TPSA) is 68.4 Å². The van der Waals surface area contributed by atoms with Crippen LogP contribution in [0.25, 0.3) is 0 Å². The quantitative estimate of drug-likeness (QED) is 0.833. The van der Waals surface area contributed by atoms with Crippen LogP contribution >= 0.6 is 11.3 Å². The van der Waals surface area contributed by atoms with Crippen molar-refractivity contribution in [1.82, 2.24) is 4.98 Å². The number of aromatic nitrogens is 1. The smallest absolute Gasteiger partial charge is 0.140 e. The summed E-state index contributed by atoms with van der Waals surface area (Å²) in [6.45, 7) is 0.395. The number of aromatic hydroxyl groups is 1. The molecule has 0 radical (unpaired) electrons. The highest BCUT2D eigenvalue weighted by molar-refractivity contribution is 7.15. The lowest BCUT2D eigenvalue weighted by Crippen LogP contribution is -1.93. The summed E-state index contributed by atoms with van der Waals surface area (Å²) in [6, 6.07) is 6.55. The average molecular weight is 222 g/mol. The lowest BCUT2D eigenvalue weighted by molar-refractivity contribution is 0.305. The number of nitrogens with zero attached hydrogens (tertiary/aromatic N) is 1. The van der Waals surface area contributed by atoms with Crippen molar-refractivity contribution in [3.8, 4) is 11.5 Å². The minimum atomic E-state index is 0.223. The van der Waals surface area contributed by atoms with Crippen molar-refractivity contribution in [2.75, 3.05) is 5.73 Å². The molecule has 0 saturated heterocycles. The molecular formula is C10H10N2O2S. The van der Waals surface area contributed by atoms with Crippen LogP contribution in [0, 0.1) is 0 Å². The number of hydrogen-bond donors (Lipinski definition) is 2. The Labute approximate surface area is 91.0 Å². The average Bonchev–Trinajstić information content (AvgIpc) is 2.64. The van der Waals surface area contributed by atoms with Crippen molar-refractivity contribution in [1.29, 1.82) is 0 Å². The van der Waals surface area contributed by atoms with E-state index in [1.807, 2.05) is 0 Å². The van der Waals surface area contributed by atoms with Gasteiger partial charge in [0.15, 0.2) is 0 Å². The van der Waals surface area contributed by atoms with Gasteiger partial charge < -0.3 is 15.6 Å². The molecule has 4 nitrogen and oxygen atoms in total. The van der Waals surface area contributed by atoms with Crippen LogP contribution in [0.1, 0.15) is 5.01 Å². The first-order valence-electron chi connectivity index (χ1n) is 4.36. The van der Waals surface area contributed by atoms with Gasteiger partial charge in [0.05, 0.1) is 6.20 Å². The normalized spacial score (nSPS) is 10.1. The Morgan fingerprint density at radius 2 is 2.07 bits per heavy atom. The number of benzene rings is 1. The molecule has 5 heteroatoms. The monoisotopic (exact) mass is 222 g/mol. The van der Waals surface area contributed by atoms with Crippen LogP contribution in [0.4, 0.5) is 5.00 Å². The maximum atomic E-state index is 9.06. The molecule has 3 N–H and O–H groups in total. The highest BCUT2D eigenvalue weighted by atomic mass is 32.1. The second kappa shape index (κ2) is 4.18. The van der Waals surface area contributed by atoms with Gasteiger partial charge in [-0.1, -0.05) is 11.3 Å². The fraction of sp³-hybridized carbons (Fsp3) is 0.100. The zero-order valence-corrected chi connectivity index (χ0v) is 8.70. The lowest BCUT2D eigenvalue weighted by Gasteiger charge is -2.03. The largest absolute Gasteiger partial charge is 0.508 e. The molecule has 78 valence electrons. The van der Waals surface area contributed by atoms with Gasteiger partial charge in [-0.2, -0.15) is 0 Å². The van der Waals surface area contributed by atoms with E-state index in [1.54, 1.807) is 30.5 Å². The van der Waals surface area contributed by atoms with Crippen LogP contribution in [0.3, 0.4) is 0 Å². The summed E-state index contributed by atoms with van der Waals surface area (Å²) in [5.74, 6) is 0.919. The Morgan fingerprint density at radius 3 is 2.67 bits per heavy atom. The Bertz CT molecular complexity index is 439. The van der Waals surface area contributed by atoms with Crippen LogP contribution in [-0.4, -0.2) is 10.1 Å². The number of phenols is 1. The van der Waals surface area contributed by atoms with Crippen LogP contribution < -0.4 is 10.5 Å². The van der Waals surface area contributed by atoms with Gasteiger partial charge in [0.2, 0.25) is 0 Å². The van der Waals surface area contributed by atoms with E-state index in [2.05, 4.69) is 4.98 Å². The first-order valence-corrected chi connectivity index (χ1v) is 5.18. The zero-order valence-electron chi connectivity index (χ0n) is 7.88. The summed E-state index contributed by atoms with van der Waals surface area (Å²) in [6.07, 6.45) is 1.61. The molecule has 0 aliphatic rings. The molecule has 0 unspecified atom stereocenters. The fourth-order valence-electron chi connectivity index (χ4n) is 1.08. The van der Waals surface area contributed by atoms with E-state index >= 15 is 0 Å². The lowest BCUT2D eigenvalue weighted by atomic mass is 10.3. The molecule has 2 rings (SSSR count). The Hall–Kier alpha value is -1.75. The first kappa shape index (κ1) is 9.79. The van der Waals surface area contributed by atoms with Crippen LogP contribution in [0.2, 0.25) is 0 Å². The maximum Gasteiger partial charge on any atom is 0.140 e. The molecule has 0 amide bonds. The molecule has 0 aliphatic carbocycles. The summed E-state index contributed by atoms with van der Waals surface area (Å²) in [4.78, 5) is 4.07. The van der Waals surface area contributed by atoms with Gasteiger partial charge in [-0.3, -0.25) is 0 Å². The third-order valence-electron chi connectivity index (χ3n) is 1.77. The molecule has 0 saturated carbocycles. The summed E-state index contributed by atoms with van der Waals surface area (Å²) in [7, 11) is 0. The van der Waals surface area contributed by atoms with E-state index in [0.717, 1.165) is 5.01 Å². The maximum absolute atomic E-state index is 9.06. The van der Waals surface area contributed by atoms with E-state index in [0.29, 0.717) is 17.4 Å². The van der Waals surface area contributed by atoms with Crippen molar-refractivity contribution in [2.24, 2.45) is 0 Å². The molecule has 1 aromatic carbocycles. The molecule has 0 bridgehead atoms. The van der Waals surface area contributed by atoms with Gasteiger partial charge in [0.25, 0.3) is 0 Å². The molecule has 15 heavy (non-hydrogen) atoms. The Morgan fingerprint density at radius 1 is 1.33 bits per heavy atom. The third kappa shape index (κ3) is 2.60. The van der Waals surface area contributed by atoms with Crippen LogP contribution in [0.5, 0.6) is 11.5 Å². The van der Waals surface area contributed by atoms with Crippen molar-refractivity contribution < 1.29 is 9.84 Å². The number of hydrogen-bond acceptors (Lipinski definition) is 5. The number of phenolic OH excluding ortho intramolecular Hbond substituents is 1. The van der Waals surface area contributed by atoms with Gasteiger partial charge in [0.1, 0.15) is 28.1 Å². The second-order valence-electron chi connectivity index (χ2n) is 2.94. The number of rotatable bonds is 3. The zero-order chi connectivity index (χ0) is 10.7. The highest BCUT2D eigenvalue weighted by Crippen LogP contribution is 2.19. The molecule has 2 aromatic rings. The first-order chi connectivity index (χ1) is 7.24. The highest BCUT2D eigenvalue weighted by Gasteiger charge is 2.00. The van der Waals surface area contributed by atoms with Gasteiger partial charge in [-0.25, -0.2) is 4.98 Å². The van der Waals surface area contributed by atoms with Gasteiger partial charge in [0, 0.05) is 0 Å². The minimum Gasteiger partial charge on any atom is -0.508 e. The van der Waals surface area contributed by atoms with Crippen molar-refractivity contribution in [3.63, 3.8) is 0 Å². The summed E-state index contributed by atoms with van der Waals surface area (Å²) in [5.41, 5.74) is 5.53. The van der Waals surface area contributed by atoms with Crippen molar-refractivity contribution in [2.45, 2.75) is 6.61 Å². The minimum absolute atomic E-state index is 0.223. The SMILES string of the molecule is Nc1cnc(COc2ccc(O)cc2)s1. The number of ether oxygens (including phenoxy) is 1.